The van der Waals surface area contributed by atoms with Crippen molar-refractivity contribution in [2.75, 3.05) is 6.54 Å². The molecule has 0 unspecified atom stereocenters. The zero-order valence-corrected chi connectivity index (χ0v) is 12.1. The molecule has 0 radical (unpaired) electrons. The van der Waals surface area contributed by atoms with E-state index in [1.54, 1.807) is 18.2 Å². The summed E-state index contributed by atoms with van der Waals surface area (Å²) in [5, 5.41) is 1.11. The van der Waals surface area contributed by atoms with Gasteiger partial charge in [-0.25, -0.2) is 18.1 Å². The lowest BCUT2D eigenvalue weighted by molar-refractivity contribution is 0.578. The van der Waals surface area contributed by atoms with Crippen LogP contribution in [0.25, 0.3) is 0 Å². The molecule has 19 heavy (non-hydrogen) atoms. The molecule has 5 nitrogen and oxygen atoms in total. The zero-order valence-electron chi connectivity index (χ0n) is 9.73. The van der Waals surface area contributed by atoms with Crippen LogP contribution in [0.3, 0.4) is 0 Å². The van der Waals surface area contributed by atoms with Crippen molar-refractivity contribution in [3.05, 3.63) is 46.3 Å². The van der Waals surface area contributed by atoms with Crippen molar-refractivity contribution in [2.45, 2.75) is 11.4 Å². The van der Waals surface area contributed by atoms with Gasteiger partial charge in [-0.3, -0.25) is 0 Å². The minimum Gasteiger partial charge on any atom is -0.335 e. The van der Waals surface area contributed by atoms with Crippen molar-refractivity contribution in [3.8, 4) is 0 Å². The first kappa shape index (κ1) is 14.3. The quantitative estimate of drug-likeness (QED) is 0.887. The van der Waals surface area contributed by atoms with Gasteiger partial charge in [-0.05, 0) is 24.1 Å². The van der Waals surface area contributed by atoms with Gasteiger partial charge in [0.1, 0.15) is 0 Å². The molecule has 102 valence electrons. The second-order valence-electron chi connectivity index (χ2n) is 3.80. The highest BCUT2D eigenvalue weighted by atomic mass is 35.5. The highest BCUT2D eigenvalue weighted by Crippen LogP contribution is 2.21. The molecule has 0 aliphatic heterocycles. The Morgan fingerprint density at radius 1 is 1.32 bits per heavy atom. The van der Waals surface area contributed by atoms with Crippen LogP contribution in [-0.2, 0) is 16.4 Å². The lowest BCUT2D eigenvalue weighted by Gasteiger charge is -2.06. The van der Waals surface area contributed by atoms with Gasteiger partial charge in [-0.15, -0.1) is 0 Å². The van der Waals surface area contributed by atoms with Crippen LogP contribution in [0.2, 0.25) is 10.0 Å². The molecular weight excluding hydrogens is 309 g/mol. The fraction of sp³-hybridized carbons (Fsp3) is 0.182. The molecule has 1 aromatic carbocycles. The van der Waals surface area contributed by atoms with Crippen LogP contribution in [0.5, 0.6) is 0 Å². The van der Waals surface area contributed by atoms with Crippen LogP contribution in [0.15, 0.2) is 35.7 Å². The molecule has 0 spiro atoms. The number of sulfonamides is 1. The second kappa shape index (κ2) is 5.92. The molecule has 0 aliphatic rings. The van der Waals surface area contributed by atoms with E-state index in [1.165, 1.54) is 12.5 Å². The summed E-state index contributed by atoms with van der Waals surface area (Å²) < 4.78 is 26.0. The van der Waals surface area contributed by atoms with E-state index in [1.807, 2.05) is 0 Å². The fourth-order valence-corrected chi connectivity index (χ4v) is 2.95. The van der Waals surface area contributed by atoms with Gasteiger partial charge < -0.3 is 4.98 Å². The minimum absolute atomic E-state index is 0.0368. The number of aromatic nitrogens is 2. The average Bonchev–Trinajstić information content (AvgIpc) is 2.86. The molecule has 1 aromatic heterocycles. The highest BCUT2D eigenvalue weighted by Gasteiger charge is 2.14. The maximum atomic E-state index is 11.8. The van der Waals surface area contributed by atoms with Crippen molar-refractivity contribution >= 4 is 33.2 Å². The standard InChI is InChI=1S/C11H11Cl2N3O2S/c12-9-2-1-8(10(13)5-9)3-4-16-19(17,18)11-6-14-7-15-11/h1-2,5-7,16H,3-4H2,(H,14,15). The average molecular weight is 320 g/mol. The fourth-order valence-electron chi connectivity index (χ4n) is 1.51. The summed E-state index contributed by atoms with van der Waals surface area (Å²) in [4.78, 5) is 6.21. The number of H-pyrrole nitrogens is 1. The topological polar surface area (TPSA) is 74.8 Å². The van der Waals surface area contributed by atoms with Gasteiger partial charge in [0.2, 0.25) is 0 Å². The number of hydrogen-bond acceptors (Lipinski definition) is 3. The van der Waals surface area contributed by atoms with E-state index >= 15 is 0 Å². The lowest BCUT2D eigenvalue weighted by Crippen LogP contribution is -2.26. The van der Waals surface area contributed by atoms with Gasteiger partial charge in [-0.1, -0.05) is 29.3 Å². The number of aromatic amines is 1. The van der Waals surface area contributed by atoms with Crippen LogP contribution >= 0.6 is 23.2 Å². The van der Waals surface area contributed by atoms with E-state index in [0.717, 1.165) is 5.56 Å². The summed E-state index contributed by atoms with van der Waals surface area (Å²) in [5.74, 6) is 0. The third-order valence-corrected chi connectivity index (χ3v) is 4.44. The van der Waals surface area contributed by atoms with Gasteiger partial charge in [0, 0.05) is 16.6 Å². The third kappa shape index (κ3) is 3.70. The Hall–Kier alpha value is -1.08. The van der Waals surface area contributed by atoms with Crippen LogP contribution in [0.4, 0.5) is 0 Å². The number of benzene rings is 1. The van der Waals surface area contributed by atoms with E-state index in [2.05, 4.69) is 14.7 Å². The van der Waals surface area contributed by atoms with Crippen molar-refractivity contribution in [3.63, 3.8) is 0 Å². The minimum atomic E-state index is -3.55. The van der Waals surface area contributed by atoms with E-state index in [-0.39, 0.29) is 11.6 Å². The largest absolute Gasteiger partial charge is 0.335 e. The van der Waals surface area contributed by atoms with Crippen molar-refractivity contribution < 1.29 is 8.42 Å². The van der Waals surface area contributed by atoms with Crippen molar-refractivity contribution in [2.24, 2.45) is 0 Å². The molecule has 0 atom stereocenters. The summed E-state index contributed by atoms with van der Waals surface area (Å²) in [6.45, 7) is 0.239. The van der Waals surface area contributed by atoms with Crippen LogP contribution < -0.4 is 4.72 Å². The molecule has 0 bridgehead atoms. The number of rotatable bonds is 5. The maximum absolute atomic E-state index is 11.8. The predicted molar refractivity (Wildman–Crippen MR) is 73.9 cm³/mol. The molecule has 0 saturated carbocycles. The van der Waals surface area contributed by atoms with Crippen LogP contribution in [0.1, 0.15) is 5.56 Å². The van der Waals surface area contributed by atoms with Gasteiger partial charge in [0.15, 0.2) is 5.03 Å². The normalized spacial score (nSPS) is 11.7. The Balaban J connectivity index is 1.97. The monoisotopic (exact) mass is 319 g/mol. The summed E-state index contributed by atoms with van der Waals surface area (Å²) in [6.07, 6.45) is 3.03. The first-order valence-electron chi connectivity index (χ1n) is 5.41. The van der Waals surface area contributed by atoms with Crippen molar-refractivity contribution in [1.29, 1.82) is 0 Å². The summed E-state index contributed by atoms with van der Waals surface area (Å²) in [6, 6.07) is 5.11. The predicted octanol–water partition coefficient (Wildman–Crippen LogP) is 2.24. The number of halogens is 2. The molecule has 1 heterocycles. The zero-order chi connectivity index (χ0) is 13.9. The van der Waals surface area contributed by atoms with Crippen molar-refractivity contribution in [1.82, 2.24) is 14.7 Å². The number of nitrogens with zero attached hydrogens (tertiary/aromatic N) is 1. The van der Waals surface area contributed by atoms with Crippen LogP contribution in [-0.4, -0.2) is 24.9 Å². The maximum Gasteiger partial charge on any atom is 0.257 e. The molecular formula is C11H11Cl2N3O2S. The first-order chi connectivity index (χ1) is 8.99. The van der Waals surface area contributed by atoms with E-state index < -0.39 is 10.0 Å². The number of hydrogen-bond donors (Lipinski definition) is 2. The lowest BCUT2D eigenvalue weighted by atomic mass is 10.1. The smallest absolute Gasteiger partial charge is 0.257 e. The number of nitrogens with one attached hydrogen (secondary N) is 2. The molecule has 2 aromatic rings. The van der Waals surface area contributed by atoms with Crippen LogP contribution in [0, 0.1) is 0 Å². The summed E-state index contributed by atoms with van der Waals surface area (Å²) in [5.41, 5.74) is 0.832. The Labute approximate surface area is 121 Å². The van der Waals surface area contributed by atoms with E-state index in [4.69, 9.17) is 23.2 Å². The SMILES string of the molecule is O=S(=O)(NCCc1ccc(Cl)cc1Cl)c1cnc[nH]1. The molecule has 0 fully saturated rings. The molecule has 0 aliphatic carbocycles. The Kier molecular flexibility index (Phi) is 4.46. The molecule has 8 heteroatoms. The van der Waals surface area contributed by atoms with Gasteiger partial charge in [0.25, 0.3) is 10.0 Å². The Morgan fingerprint density at radius 2 is 2.11 bits per heavy atom. The number of imidazole rings is 1. The molecule has 0 amide bonds. The van der Waals surface area contributed by atoms with Gasteiger partial charge >= 0.3 is 0 Å². The second-order valence-corrected chi connectivity index (χ2v) is 6.38. The first-order valence-corrected chi connectivity index (χ1v) is 7.65. The van der Waals surface area contributed by atoms with E-state index in [0.29, 0.717) is 16.5 Å². The Morgan fingerprint density at radius 3 is 2.74 bits per heavy atom. The van der Waals surface area contributed by atoms with Gasteiger partial charge in [-0.2, -0.15) is 0 Å². The summed E-state index contributed by atoms with van der Waals surface area (Å²) in [7, 11) is -3.55. The van der Waals surface area contributed by atoms with E-state index in [9.17, 15) is 8.42 Å². The Bertz CT molecular complexity index is 657. The summed E-state index contributed by atoms with van der Waals surface area (Å²) >= 11 is 11.8. The molecule has 2 N–H and O–H groups in total. The van der Waals surface area contributed by atoms with Gasteiger partial charge in [0.05, 0.1) is 12.5 Å². The highest BCUT2D eigenvalue weighted by molar-refractivity contribution is 7.89. The molecule has 0 saturated heterocycles. The third-order valence-electron chi connectivity index (χ3n) is 2.46. The molecule has 2 rings (SSSR count).